The van der Waals surface area contributed by atoms with Crippen molar-refractivity contribution in [3.05, 3.63) is 42.1 Å². The van der Waals surface area contributed by atoms with Crippen molar-refractivity contribution in [1.82, 2.24) is 19.6 Å². The second kappa shape index (κ2) is 11.8. The van der Waals surface area contributed by atoms with Crippen LogP contribution < -0.4 is 5.73 Å². The lowest BCUT2D eigenvalue weighted by atomic mass is 10.1. The van der Waals surface area contributed by atoms with E-state index in [4.69, 9.17) is 15.5 Å². The number of likely N-dealkylation sites (tertiary alicyclic amines) is 1. The van der Waals surface area contributed by atoms with E-state index in [1.807, 2.05) is 69.0 Å². The van der Waals surface area contributed by atoms with Gasteiger partial charge in [-0.3, -0.25) is 14.6 Å². The van der Waals surface area contributed by atoms with Gasteiger partial charge in [-0.1, -0.05) is 18.2 Å². The molecule has 1 aromatic rings. The smallest absolute Gasteiger partial charge is 0.411 e. The highest BCUT2D eigenvalue weighted by molar-refractivity contribution is 7.99. The molecule has 202 valence electrons. The molecular weight excluding hydrogens is 488 g/mol. The number of aliphatic imine (C=N–C) groups is 1. The van der Waals surface area contributed by atoms with Gasteiger partial charge in [0.2, 0.25) is 5.91 Å². The lowest BCUT2D eigenvalue weighted by Gasteiger charge is -2.39. The number of hydrogen-bond donors (Lipinski definition) is 1. The van der Waals surface area contributed by atoms with Crippen LogP contribution in [-0.4, -0.2) is 106 Å². The van der Waals surface area contributed by atoms with Crippen LogP contribution >= 0.6 is 11.8 Å². The normalized spacial score (nSPS) is 24.1. The van der Waals surface area contributed by atoms with Crippen molar-refractivity contribution in [1.29, 1.82) is 0 Å². The summed E-state index contributed by atoms with van der Waals surface area (Å²) in [5.41, 5.74) is 7.01. The number of nitrogens with two attached hydrogens (primary N) is 1. The molecule has 9 nitrogen and oxygen atoms in total. The Labute approximate surface area is 224 Å². The average Bonchev–Trinajstić information content (AvgIpc) is 3.54. The van der Waals surface area contributed by atoms with Crippen LogP contribution in [0.25, 0.3) is 0 Å². The summed E-state index contributed by atoms with van der Waals surface area (Å²) in [6.07, 6.45) is 2.15. The van der Waals surface area contributed by atoms with Gasteiger partial charge in [-0.15, -0.1) is 11.8 Å². The molecule has 2 N–H and O–H groups in total. The first-order valence-electron chi connectivity index (χ1n) is 13.0. The Kier molecular flexibility index (Phi) is 8.69. The number of para-hydroxylation sites is 1. The summed E-state index contributed by atoms with van der Waals surface area (Å²) in [6, 6.07) is 9.52. The van der Waals surface area contributed by atoms with Gasteiger partial charge in [-0.25, -0.2) is 9.79 Å². The number of hydrogen-bond acceptors (Lipinski definition) is 7. The quantitative estimate of drug-likeness (QED) is 0.474. The van der Waals surface area contributed by atoms with Crippen LogP contribution in [0.15, 0.2) is 47.1 Å². The van der Waals surface area contributed by atoms with E-state index in [1.165, 1.54) is 0 Å². The third kappa shape index (κ3) is 7.19. The van der Waals surface area contributed by atoms with E-state index in [0.29, 0.717) is 24.5 Å². The van der Waals surface area contributed by atoms with Crippen molar-refractivity contribution < 1.29 is 14.3 Å². The van der Waals surface area contributed by atoms with Gasteiger partial charge in [0.1, 0.15) is 17.5 Å². The molecule has 37 heavy (non-hydrogen) atoms. The van der Waals surface area contributed by atoms with Gasteiger partial charge in [0.25, 0.3) is 0 Å². The van der Waals surface area contributed by atoms with E-state index in [2.05, 4.69) is 9.80 Å². The van der Waals surface area contributed by atoms with Crippen LogP contribution in [0.5, 0.6) is 0 Å². The van der Waals surface area contributed by atoms with Crippen LogP contribution in [0.4, 0.5) is 10.5 Å². The van der Waals surface area contributed by atoms with Gasteiger partial charge in [-0.2, -0.15) is 0 Å². The monoisotopic (exact) mass is 528 g/mol. The van der Waals surface area contributed by atoms with Crippen LogP contribution in [0.3, 0.4) is 0 Å². The third-order valence-corrected chi connectivity index (χ3v) is 7.73. The second-order valence-electron chi connectivity index (χ2n) is 10.9. The molecule has 0 spiro atoms. The number of ether oxygens (including phenoxy) is 1. The molecule has 2 atom stereocenters. The van der Waals surface area contributed by atoms with Gasteiger partial charge in [-0.05, 0) is 52.3 Å². The molecule has 1 aromatic carbocycles. The molecule has 0 saturated carbocycles. The summed E-state index contributed by atoms with van der Waals surface area (Å²) in [4.78, 5) is 39.5. The Morgan fingerprint density at radius 1 is 1.08 bits per heavy atom. The highest BCUT2D eigenvalue weighted by atomic mass is 32.2. The Balaban J connectivity index is 1.45. The molecule has 3 aliphatic heterocycles. The highest BCUT2D eigenvalue weighted by Gasteiger charge is 2.45. The van der Waals surface area contributed by atoms with Crippen LogP contribution in [-0.2, 0) is 9.53 Å². The fourth-order valence-corrected chi connectivity index (χ4v) is 5.94. The number of amides is 2. The Hall–Kier alpha value is -2.72. The zero-order valence-corrected chi connectivity index (χ0v) is 23.2. The molecule has 0 aromatic heterocycles. The lowest BCUT2D eigenvalue weighted by Crippen LogP contribution is -2.52. The fraction of sp³-hybridized carbons (Fsp3) is 0.593. The molecule has 0 unspecified atom stereocenters. The van der Waals surface area contributed by atoms with Crippen molar-refractivity contribution >= 4 is 35.3 Å². The predicted molar refractivity (Wildman–Crippen MR) is 149 cm³/mol. The lowest BCUT2D eigenvalue weighted by molar-refractivity contribution is -0.134. The van der Waals surface area contributed by atoms with Gasteiger partial charge in [0.05, 0.1) is 11.6 Å². The topological polar surface area (TPSA) is 94.7 Å². The number of benzene rings is 1. The summed E-state index contributed by atoms with van der Waals surface area (Å²) < 4.78 is 5.69. The number of thioether (sulfide) groups is 1. The standard InChI is InChI=1S/C27H40N6O3S/c1-20(28)16-24(29-21-8-6-5-7-9-21)31-12-10-30(11-13-31)22-17-23(25(34)32-14-15-37-19-32)33(18-22)26(35)36-27(2,3)4/h5-9,16,22-23H,10-15,17-19,28H2,1-4H3/b20-16-,29-24?/t22-,23-/m0/s1. The molecule has 3 saturated heterocycles. The maximum atomic E-state index is 13.4. The Morgan fingerprint density at radius 2 is 1.78 bits per heavy atom. The number of nitrogens with zero attached hydrogens (tertiary/aromatic N) is 5. The first kappa shape index (κ1) is 27.3. The number of amidine groups is 1. The van der Waals surface area contributed by atoms with Gasteiger partial charge < -0.3 is 20.3 Å². The largest absolute Gasteiger partial charge is 0.444 e. The summed E-state index contributed by atoms with van der Waals surface area (Å²) in [6.45, 7) is 11.9. The van der Waals surface area contributed by atoms with Crippen molar-refractivity contribution in [3.63, 3.8) is 0 Å². The molecule has 10 heteroatoms. The van der Waals surface area contributed by atoms with Gasteiger partial charge in [0, 0.05) is 56.8 Å². The molecule has 4 rings (SSSR count). The maximum Gasteiger partial charge on any atom is 0.411 e. The van der Waals surface area contributed by atoms with E-state index in [1.54, 1.807) is 16.7 Å². The molecule has 2 amide bonds. The molecule has 3 heterocycles. The van der Waals surface area contributed by atoms with Gasteiger partial charge >= 0.3 is 6.09 Å². The Morgan fingerprint density at radius 3 is 2.38 bits per heavy atom. The van der Waals surface area contributed by atoms with E-state index in [-0.39, 0.29) is 11.9 Å². The predicted octanol–water partition coefficient (Wildman–Crippen LogP) is 3.11. The zero-order valence-electron chi connectivity index (χ0n) is 22.4. The number of allylic oxidation sites excluding steroid dienone is 1. The first-order chi connectivity index (χ1) is 17.6. The third-order valence-electron chi connectivity index (χ3n) is 6.77. The Bertz CT molecular complexity index is 1010. The zero-order chi connectivity index (χ0) is 26.6. The summed E-state index contributed by atoms with van der Waals surface area (Å²) in [5.74, 6) is 2.53. The summed E-state index contributed by atoms with van der Waals surface area (Å²) in [5, 5.41) is 0. The highest BCUT2D eigenvalue weighted by Crippen LogP contribution is 2.28. The minimum Gasteiger partial charge on any atom is -0.444 e. The van der Waals surface area contributed by atoms with Crippen molar-refractivity contribution in [2.45, 2.75) is 51.8 Å². The summed E-state index contributed by atoms with van der Waals surface area (Å²) >= 11 is 1.75. The molecule has 0 radical (unpaired) electrons. The number of carbonyl (C=O) groups is 2. The molecule has 0 aliphatic carbocycles. The number of piperazine rings is 1. The maximum absolute atomic E-state index is 13.4. The van der Waals surface area contributed by atoms with Crippen LogP contribution in [0, 0.1) is 0 Å². The minimum absolute atomic E-state index is 0.0397. The fourth-order valence-electron chi connectivity index (χ4n) is 4.98. The van der Waals surface area contributed by atoms with Gasteiger partial charge in [0.15, 0.2) is 0 Å². The second-order valence-corrected chi connectivity index (χ2v) is 12.0. The summed E-state index contributed by atoms with van der Waals surface area (Å²) in [7, 11) is 0. The SMILES string of the molecule is C/C(N)=C/C(=Nc1ccccc1)N1CCN([C@H]2C[C@@H](C(=O)N3CCSC3)N(C(=O)OC(C)(C)C)C2)CC1. The average molecular weight is 529 g/mol. The van der Waals surface area contributed by atoms with Crippen LogP contribution in [0.2, 0.25) is 0 Å². The number of carbonyl (C=O) groups excluding carboxylic acids is 2. The molecule has 3 aliphatic rings. The van der Waals surface area contributed by atoms with E-state index in [0.717, 1.165) is 50.0 Å². The van der Waals surface area contributed by atoms with E-state index >= 15 is 0 Å². The van der Waals surface area contributed by atoms with Crippen LogP contribution in [0.1, 0.15) is 34.1 Å². The first-order valence-corrected chi connectivity index (χ1v) is 14.2. The van der Waals surface area contributed by atoms with Crippen molar-refractivity contribution in [2.75, 3.05) is 50.9 Å². The van der Waals surface area contributed by atoms with E-state index < -0.39 is 17.7 Å². The van der Waals surface area contributed by atoms with E-state index in [9.17, 15) is 9.59 Å². The number of rotatable bonds is 4. The molecular formula is C27H40N6O3S. The van der Waals surface area contributed by atoms with Crippen molar-refractivity contribution in [2.24, 2.45) is 10.7 Å². The molecule has 0 bridgehead atoms. The minimum atomic E-state index is -0.610. The molecule has 3 fully saturated rings. The van der Waals surface area contributed by atoms with Crippen molar-refractivity contribution in [3.8, 4) is 0 Å².